The number of hydrogen-bond acceptors (Lipinski definition) is 6. The van der Waals surface area contributed by atoms with Gasteiger partial charge < -0.3 is 15.4 Å². The maximum atomic E-state index is 11.3. The minimum atomic E-state index is -0.402. The zero-order chi connectivity index (χ0) is 13.4. The van der Waals surface area contributed by atoms with Gasteiger partial charge in [-0.15, -0.1) is 0 Å². The molecule has 0 fully saturated rings. The fourth-order valence-corrected chi connectivity index (χ4v) is 1.95. The molecule has 18 heavy (non-hydrogen) atoms. The summed E-state index contributed by atoms with van der Waals surface area (Å²) >= 11 is 1.21. The molecule has 1 aromatic rings. The molecule has 0 bridgehead atoms. The van der Waals surface area contributed by atoms with Crippen LogP contribution in [-0.2, 0) is 9.53 Å². The van der Waals surface area contributed by atoms with Crippen molar-refractivity contribution in [2.24, 2.45) is 0 Å². The van der Waals surface area contributed by atoms with Crippen molar-refractivity contribution >= 4 is 28.3 Å². The zero-order valence-corrected chi connectivity index (χ0v) is 11.3. The van der Waals surface area contributed by atoms with E-state index in [4.69, 9.17) is 0 Å². The average molecular weight is 271 g/mol. The van der Waals surface area contributed by atoms with E-state index in [0.717, 1.165) is 6.42 Å². The molecule has 7 heteroatoms. The summed E-state index contributed by atoms with van der Waals surface area (Å²) in [4.78, 5) is 27.0. The van der Waals surface area contributed by atoms with Crippen LogP contribution in [-0.4, -0.2) is 37.1 Å². The lowest BCUT2D eigenvalue weighted by Gasteiger charge is -2.03. The molecule has 1 aromatic heterocycles. The number of thiazole rings is 1. The predicted molar refractivity (Wildman–Crippen MR) is 69.9 cm³/mol. The van der Waals surface area contributed by atoms with E-state index in [-0.39, 0.29) is 5.91 Å². The monoisotopic (exact) mass is 271 g/mol. The fourth-order valence-electron chi connectivity index (χ4n) is 1.19. The van der Waals surface area contributed by atoms with Crippen molar-refractivity contribution in [1.29, 1.82) is 0 Å². The molecule has 100 valence electrons. The largest absolute Gasteiger partial charge is 0.465 e. The highest BCUT2D eigenvalue weighted by Gasteiger charge is 2.10. The number of hydrogen-bond donors (Lipinski definition) is 2. The molecule has 0 saturated heterocycles. The maximum absolute atomic E-state index is 11.3. The number of carbonyl (C=O) groups is 2. The summed E-state index contributed by atoms with van der Waals surface area (Å²) in [5, 5.41) is 6.38. The molecule has 2 N–H and O–H groups in total. The lowest BCUT2D eigenvalue weighted by atomic mass is 10.4. The molecule has 0 atom stereocenters. The standard InChI is InChI=1S/C11H17N3O3S/c1-3-5-12-9(15)4-6-13-11-14-7-8(18-11)10(16)17-2/h7H,3-6H2,1-2H3,(H,12,15)(H,13,14). The first-order valence-electron chi connectivity index (χ1n) is 5.72. The van der Waals surface area contributed by atoms with E-state index in [1.807, 2.05) is 6.92 Å². The highest BCUT2D eigenvalue weighted by atomic mass is 32.1. The number of rotatable bonds is 7. The smallest absolute Gasteiger partial charge is 0.349 e. The van der Waals surface area contributed by atoms with Gasteiger partial charge in [0.1, 0.15) is 4.88 Å². The van der Waals surface area contributed by atoms with Crippen molar-refractivity contribution in [2.45, 2.75) is 19.8 Å². The van der Waals surface area contributed by atoms with Gasteiger partial charge in [0.05, 0.1) is 13.3 Å². The predicted octanol–water partition coefficient (Wildman–Crippen LogP) is 1.26. The first kappa shape index (κ1) is 14.4. The molecule has 0 aliphatic carbocycles. The van der Waals surface area contributed by atoms with Crippen LogP contribution in [0.2, 0.25) is 0 Å². The topological polar surface area (TPSA) is 80.3 Å². The Bertz CT molecular complexity index is 406. The third-order valence-electron chi connectivity index (χ3n) is 2.09. The molecule has 0 aliphatic rings. The van der Waals surface area contributed by atoms with E-state index < -0.39 is 5.97 Å². The van der Waals surface area contributed by atoms with Gasteiger partial charge in [-0.25, -0.2) is 9.78 Å². The number of ether oxygens (including phenoxy) is 1. The van der Waals surface area contributed by atoms with Gasteiger partial charge >= 0.3 is 5.97 Å². The van der Waals surface area contributed by atoms with E-state index >= 15 is 0 Å². The van der Waals surface area contributed by atoms with Gasteiger partial charge in [-0.05, 0) is 6.42 Å². The Kier molecular flexibility index (Phi) is 6.13. The molecule has 1 heterocycles. The minimum Gasteiger partial charge on any atom is -0.465 e. The van der Waals surface area contributed by atoms with Crippen LogP contribution in [0.4, 0.5) is 5.13 Å². The lowest BCUT2D eigenvalue weighted by Crippen LogP contribution is -2.25. The van der Waals surface area contributed by atoms with E-state index in [2.05, 4.69) is 20.4 Å². The molecular formula is C11H17N3O3S. The highest BCUT2D eigenvalue weighted by Crippen LogP contribution is 2.18. The van der Waals surface area contributed by atoms with Crippen molar-refractivity contribution in [3.05, 3.63) is 11.1 Å². The Labute approximate surface area is 110 Å². The van der Waals surface area contributed by atoms with Crippen molar-refractivity contribution < 1.29 is 14.3 Å². The number of nitrogens with one attached hydrogen (secondary N) is 2. The van der Waals surface area contributed by atoms with Gasteiger partial charge in [-0.2, -0.15) is 0 Å². The molecule has 1 amide bonds. The third-order valence-corrected chi connectivity index (χ3v) is 3.03. The van der Waals surface area contributed by atoms with Crippen LogP contribution in [0.25, 0.3) is 0 Å². The van der Waals surface area contributed by atoms with Crippen LogP contribution >= 0.6 is 11.3 Å². The molecule has 0 unspecified atom stereocenters. The van der Waals surface area contributed by atoms with Gasteiger partial charge in [-0.3, -0.25) is 4.79 Å². The van der Waals surface area contributed by atoms with Crippen molar-refractivity contribution in [3.8, 4) is 0 Å². The number of methoxy groups -OCH3 is 1. The molecule has 6 nitrogen and oxygen atoms in total. The van der Waals surface area contributed by atoms with Crippen molar-refractivity contribution in [2.75, 3.05) is 25.5 Å². The Hall–Kier alpha value is -1.63. The summed E-state index contributed by atoms with van der Waals surface area (Å²) < 4.78 is 4.58. The van der Waals surface area contributed by atoms with Crippen LogP contribution in [0.15, 0.2) is 6.20 Å². The van der Waals surface area contributed by atoms with E-state index in [0.29, 0.717) is 29.5 Å². The highest BCUT2D eigenvalue weighted by molar-refractivity contribution is 7.17. The lowest BCUT2D eigenvalue weighted by molar-refractivity contribution is -0.120. The Morgan fingerprint density at radius 1 is 1.44 bits per heavy atom. The first-order chi connectivity index (χ1) is 8.67. The van der Waals surface area contributed by atoms with Gasteiger partial charge in [0.25, 0.3) is 0 Å². The van der Waals surface area contributed by atoms with Crippen LogP contribution in [0.3, 0.4) is 0 Å². The summed E-state index contributed by atoms with van der Waals surface area (Å²) in [5.41, 5.74) is 0. The van der Waals surface area contributed by atoms with Crippen molar-refractivity contribution in [1.82, 2.24) is 10.3 Å². The van der Waals surface area contributed by atoms with Gasteiger partial charge in [-0.1, -0.05) is 18.3 Å². The van der Waals surface area contributed by atoms with Crippen LogP contribution < -0.4 is 10.6 Å². The van der Waals surface area contributed by atoms with Crippen LogP contribution in [0.5, 0.6) is 0 Å². The number of carbonyl (C=O) groups excluding carboxylic acids is 2. The first-order valence-corrected chi connectivity index (χ1v) is 6.53. The second-order valence-electron chi connectivity index (χ2n) is 3.55. The Morgan fingerprint density at radius 3 is 2.89 bits per heavy atom. The van der Waals surface area contributed by atoms with Gasteiger partial charge in [0, 0.05) is 19.5 Å². The average Bonchev–Trinajstić information content (AvgIpc) is 2.84. The normalized spacial score (nSPS) is 9.89. The SMILES string of the molecule is CCCNC(=O)CCNc1ncc(C(=O)OC)s1. The molecule has 0 aliphatic heterocycles. The summed E-state index contributed by atoms with van der Waals surface area (Å²) in [6.07, 6.45) is 2.76. The van der Waals surface area contributed by atoms with E-state index in [1.54, 1.807) is 0 Å². The molecule has 0 saturated carbocycles. The fraction of sp³-hybridized carbons (Fsp3) is 0.545. The zero-order valence-electron chi connectivity index (χ0n) is 10.5. The summed E-state index contributed by atoms with van der Waals surface area (Å²) in [6.45, 7) is 3.19. The Morgan fingerprint density at radius 2 is 2.22 bits per heavy atom. The van der Waals surface area contributed by atoms with Crippen molar-refractivity contribution in [3.63, 3.8) is 0 Å². The second kappa shape index (κ2) is 7.65. The van der Waals surface area contributed by atoms with E-state index in [1.165, 1.54) is 24.6 Å². The Balaban J connectivity index is 2.29. The summed E-state index contributed by atoms with van der Waals surface area (Å²) in [6, 6.07) is 0. The molecular weight excluding hydrogens is 254 g/mol. The number of aromatic nitrogens is 1. The molecule has 0 aromatic carbocycles. The molecule has 0 radical (unpaired) electrons. The molecule has 0 spiro atoms. The second-order valence-corrected chi connectivity index (χ2v) is 4.58. The quantitative estimate of drug-likeness (QED) is 0.730. The molecule has 1 rings (SSSR count). The van der Waals surface area contributed by atoms with E-state index in [9.17, 15) is 9.59 Å². The number of anilines is 1. The maximum Gasteiger partial charge on any atom is 0.349 e. The van der Waals surface area contributed by atoms with Gasteiger partial charge in [0.2, 0.25) is 5.91 Å². The number of amides is 1. The van der Waals surface area contributed by atoms with Crippen LogP contribution in [0, 0.1) is 0 Å². The summed E-state index contributed by atoms with van der Waals surface area (Å²) in [7, 11) is 1.33. The number of esters is 1. The minimum absolute atomic E-state index is 0.00842. The number of nitrogens with zero attached hydrogens (tertiary/aromatic N) is 1. The summed E-state index contributed by atoms with van der Waals surface area (Å²) in [5.74, 6) is -0.393. The van der Waals surface area contributed by atoms with Crippen LogP contribution in [0.1, 0.15) is 29.4 Å². The van der Waals surface area contributed by atoms with Gasteiger partial charge in [0.15, 0.2) is 5.13 Å². The third kappa shape index (κ3) is 4.70.